The van der Waals surface area contributed by atoms with Crippen LogP contribution in [0.2, 0.25) is 0 Å². The highest BCUT2D eigenvalue weighted by Gasteiger charge is 2.42. The van der Waals surface area contributed by atoms with Crippen molar-refractivity contribution in [1.82, 2.24) is 10.4 Å². The molecule has 146 valence electrons. The number of carbonyl (C=O) groups is 1. The van der Waals surface area contributed by atoms with Crippen molar-refractivity contribution < 1.29 is 4.79 Å². The topological polar surface area (TPSA) is 44.7 Å². The molecule has 1 fully saturated rings. The summed E-state index contributed by atoms with van der Waals surface area (Å²) < 4.78 is 1.03. The number of nitrogens with one attached hydrogen (secondary N) is 1. The second-order valence-corrected chi connectivity index (χ2v) is 10.4. The molecule has 1 aromatic heterocycles. The fourth-order valence-corrected chi connectivity index (χ4v) is 5.80. The number of benzene rings is 1. The molecule has 0 bridgehead atoms. The fourth-order valence-electron chi connectivity index (χ4n) is 3.31. The van der Waals surface area contributed by atoms with Gasteiger partial charge in [-0.05, 0) is 51.5 Å². The van der Waals surface area contributed by atoms with E-state index in [1.54, 1.807) is 16.3 Å². The number of fused-ring (bicyclic) bond motifs is 1. The first kappa shape index (κ1) is 19.7. The monoisotopic (exact) mass is 475 g/mol. The van der Waals surface area contributed by atoms with E-state index in [1.807, 2.05) is 17.5 Å². The van der Waals surface area contributed by atoms with Crippen molar-refractivity contribution in [2.75, 3.05) is 0 Å². The van der Waals surface area contributed by atoms with Gasteiger partial charge in [0.05, 0.1) is 4.91 Å². The molecule has 1 amide bonds. The Balaban J connectivity index is 1.47. The number of thioether (sulfide) groups is 1. The van der Waals surface area contributed by atoms with Crippen LogP contribution in [0.25, 0.3) is 6.08 Å². The highest BCUT2D eigenvalue weighted by Crippen LogP contribution is 2.39. The summed E-state index contributed by atoms with van der Waals surface area (Å²) >= 11 is 6.56. The zero-order chi connectivity index (χ0) is 19.8. The van der Waals surface area contributed by atoms with Gasteiger partial charge < -0.3 is 0 Å². The molecule has 1 N–H and O–H groups in total. The molecule has 1 aromatic carbocycles. The van der Waals surface area contributed by atoms with Gasteiger partial charge in [0.15, 0.2) is 5.50 Å². The van der Waals surface area contributed by atoms with Crippen molar-refractivity contribution in [3.63, 3.8) is 0 Å². The van der Waals surface area contributed by atoms with Gasteiger partial charge in [-0.25, -0.2) is 10.0 Å². The second kappa shape index (κ2) is 8.05. The zero-order valence-corrected chi connectivity index (χ0v) is 19.2. The van der Waals surface area contributed by atoms with Crippen LogP contribution in [0.5, 0.6) is 0 Å². The van der Waals surface area contributed by atoms with Crippen molar-refractivity contribution in [1.29, 1.82) is 0 Å². The highest BCUT2D eigenvalue weighted by atomic mass is 79.9. The molecule has 2 atom stereocenters. The predicted molar refractivity (Wildman–Crippen MR) is 122 cm³/mol. The van der Waals surface area contributed by atoms with E-state index in [0.29, 0.717) is 5.92 Å². The van der Waals surface area contributed by atoms with Crippen LogP contribution in [0.15, 0.2) is 50.1 Å². The number of thiophene rings is 1. The lowest BCUT2D eigenvalue weighted by molar-refractivity contribution is -0.127. The Kier molecular flexibility index (Phi) is 5.67. The smallest absolute Gasteiger partial charge is 0.279 e. The first-order chi connectivity index (χ1) is 13.4. The van der Waals surface area contributed by atoms with Gasteiger partial charge in [0.25, 0.3) is 5.91 Å². The summed E-state index contributed by atoms with van der Waals surface area (Å²) in [7, 11) is 0. The number of nitrogens with zero attached hydrogens (tertiary/aromatic N) is 2. The number of hydrogen-bond donors (Lipinski definition) is 1. The van der Waals surface area contributed by atoms with E-state index < -0.39 is 0 Å². The fraction of sp³-hybridized carbons (Fsp3) is 0.333. The summed E-state index contributed by atoms with van der Waals surface area (Å²) in [5, 5.41) is 3.65. The van der Waals surface area contributed by atoms with Crippen molar-refractivity contribution in [2.45, 2.75) is 38.6 Å². The van der Waals surface area contributed by atoms with Crippen LogP contribution in [0.3, 0.4) is 0 Å². The Morgan fingerprint density at radius 3 is 2.64 bits per heavy atom. The normalized spacial score (nSPS) is 21.2. The number of carbonyl (C=O) groups excluding carboxylic acids is 1. The van der Waals surface area contributed by atoms with E-state index >= 15 is 0 Å². The van der Waals surface area contributed by atoms with Crippen molar-refractivity contribution in [2.24, 2.45) is 10.9 Å². The summed E-state index contributed by atoms with van der Waals surface area (Å²) in [6.45, 7) is 6.59. The highest BCUT2D eigenvalue weighted by molar-refractivity contribution is 9.10. The molecular formula is C21H22BrN3OS2. The van der Waals surface area contributed by atoms with Gasteiger partial charge in [-0.3, -0.25) is 10.2 Å². The molecule has 0 spiro atoms. The third-order valence-corrected chi connectivity index (χ3v) is 7.48. The van der Waals surface area contributed by atoms with Gasteiger partial charge in [0.1, 0.15) is 5.84 Å². The number of amidine groups is 1. The summed E-state index contributed by atoms with van der Waals surface area (Å²) in [4.78, 5) is 19.3. The number of halogens is 1. The second-order valence-electron chi connectivity index (χ2n) is 7.48. The van der Waals surface area contributed by atoms with Crippen LogP contribution in [0.4, 0.5) is 0 Å². The maximum absolute atomic E-state index is 12.7. The maximum Gasteiger partial charge on any atom is 0.281 e. The van der Waals surface area contributed by atoms with Crippen molar-refractivity contribution in [3.05, 3.63) is 61.1 Å². The minimum atomic E-state index is -0.222. The lowest BCUT2D eigenvalue weighted by atomic mass is 9.96. The quantitative estimate of drug-likeness (QED) is 0.569. The standard InChI is InChI=1S/C21H22BrN3OS2/c1-12(2)8-14-4-6-15(7-5-14)13(3)19-23-21-25(24-19)20(26)18(28-21)10-17-9-16(22)11-27-17/h4-7,9-13,21H,8H2,1-3H3,(H,23,24)/b18-10+. The van der Waals surface area contributed by atoms with Crippen LogP contribution < -0.4 is 5.43 Å². The number of hydrazine groups is 1. The zero-order valence-electron chi connectivity index (χ0n) is 16.0. The molecule has 4 nitrogen and oxygen atoms in total. The minimum absolute atomic E-state index is 0.0160. The van der Waals surface area contributed by atoms with Crippen molar-refractivity contribution in [3.8, 4) is 0 Å². The SMILES string of the molecule is CC(C)Cc1ccc(C(C)C2=NC3S/C(=C/c4cc(Br)cs4)C(=O)N3N2)cc1. The average Bonchev–Trinajstić information content (AvgIpc) is 3.32. The summed E-state index contributed by atoms with van der Waals surface area (Å²) in [6, 6.07) is 10.8. The van der Waals surface area contributed by atoms with Crippen LogP contribution in [-0.2, 0) is 11.2 Å². The van der Waals surface area contributed by atoms with Gasteiger partial charge in [-0.1, -0.05) is 56.8 Å². The van der Waals surface area contributed by atoms with Crippen LogP contribution >= 0.6 is 39.0 Å². The lowest BCUT2D eigenvalue weighted by Crippen LogP contribution is -2.41. The van der Waals surface area contributed by atoms with Gasteiger partial charge in [0, 0.05) is 20.6 Å². The van der Waals surface area contributed by atoms with Gasteiger partial charge >= 0.3 is 0 Å². The van der Waals surface area contributed by atoms with E-state index in [2.05, 4.69) is 66.4 Å². The summed E-state index contributed by atoms with van der Waals surface area (Å²) in [6.07, 6.45) is 3.03. The van der Waals surface area contributed by atoms with E-state index in [9.17, 15) is 4.79 Å². The minimum Gasteiger partial charge on any atom is -0.279 e. The van der Waals surface area contributed by atoms with Gasteiger partial charge in [-0.2, -0.15) is 0 Å². The number of aliphatic imine (C=N–C) groups is 1. The number of amides is 1. The molecule has 0 aliphatic carbocycles. The number of hydrogen-bond acceptors (Lipinski definition) is 5. The Morgan fingerprint density at radius 2 is 2.04 bits per heavy atom. The summed E-state index contributed by atoms with van der Waals surface area (Å²) in [5.41, 5.74) is 5.57. The molecule has 28 heavy (non-hydrogen) atoms. The first-order valence-electron chi connectivity index (χ1n) is 9.30. The van der Waals surface area contributed by atoms with Crippen molar-refractivity contribution >= 4 is 56.8 Å². The maximum atomic E-state index is 12.7. The Morgan fingerprint density at radius 1 is 1.29 bits per heavy atom. The first-order valence-corrected chi connectivity index (χ1v) is 11.8. The predicted octanol–water partition coefficient (Wildman–Crippen LogP) is 5.63. The largest absolute Gasteiger partial charge is 0.281 e. The Labute approximate surface area is 182 Å². The van der Waals surface area contributed by atoms with E-state index in [1.165, 1.54) is 22.9 Å². The average molecular weight is 476 g/mol. The van der Waals surface area contributed by atoms with Crippen LogP contribution in [0.1, 0.15) is 42.7 Å². The molecule has 2 aliphatic rings. The molecule has 0 radical (unpaired) electrons. The molecule has 1 saturated heterocycles. The third kappa shape index (κ3) is 4.07. The lowest BCUT2D eigenvalue weighted by Gasteiger charge is -2.17. The van der Waals surface area contributed by atoms with E-state index in [0.717, 1.165) is 26.5 Å². The van der Waals surface area contributed by atoms with E-state index in [-0.39, 0.29) is 17.3 Å². The van der Waals surface area contributed by atoms with Gasteiger partial charge in [-0.15, -0.1) is 11.3 Å². The number of rotatable bonds is 5. The molecule has 2 aliphatic heterocycles. The summed E-state index contributed by atoms with van der Waals surface area (Å²) in [5.74, 6) is 1.60. The molecule has 2 aromatic rings. The molecule has 7 heteroatoms. The van der Waals surface area contributed by atoms with Crippen LogP contribution in [0, 0.1) is 5.92 Å². The van der Waals surface area contributed by atoms with Gasteiger partial charge in [0.2, 0.25) is 0 Å². The molecule has 3 heterocycles. The molecular weight excluding hydrogens is 454 g/mol. The van der Waals surface area contributed by atoms with Crippen LogP contribution in [-0.4, -0.2) is 22.2 Å². The Hall–Kier alpha value is -1.57. The molecule has 0 saturated carbocycles. The Bertz CT molecular complexity index is 949. The van der Waals surface area contributed by atoms with E-state index in [4.69, 9.17) is 4.99 Å². The molecule has 4 rings (SSSR count). The molecule has 2 unspecified atom stereocenters. The third-order valence-electron chi connectivity index (χ3n) is 4.76.